The van der Waals surface area contributed by atoms with Gasteiger partial charge in [0.05, 0.1) is 17.7 Å². The first-order valence-electron chi connectivity index (χ1n) is 10.1. The molecule has 0 N–H and O–H groups in total. The quantitative estimate of drug-likeness (QED) is 0.492. The normalized spacial score (nSPS) is 15.2. The maximum absolute atomic E-state index is 13.0. The van der Waals surface area contributed by atoms with Gasteiger partial charge in [-0.2, -0.15) is 18.4 Å². The van der Waals surface area contributed by atoms with Crippen LogP contribution in [0.2, 0.25) is 0 Å². The van der Waals surface area contributed by atoms with Crippen LogP contribution < -0.4 is 4.74 Å². The summed E-state index contributed by atoms with van der Waals surface area (Å²) in [5.74, 6) is 1.70. The van der Waals surface area contributed by atoms with Crippen LogP contribution in [0.3, 0.4) is 0 Å². The van der Waals surface area contributed by atoms with Gasteiger partial charge in [-0.15, -0.1) is 0 Å². The molecule has 1 atom stereocenters. The summed E-state index contributed by atoms with van der Waals surface area (Å²) in [7, 11) is 0. The number of ether oxygens (including phenoxy) is 1. The lowest BCUT2D eigenvalue weighted by Crippen LogP contribution is -2.06. The second-order valence-corrected chi connectivity index (χ2v) is 8.42. The summed E-state index contributed by atoms with van der Waals surface area (Å²) in [6.45, 7) is 6.93. The fraction of sp³-hybridized carbons (Fsp3) is 0.458. The molecule has 1 aliphatic carbocycles. The van der Waals surface area contributed by atoms with E-state index in [-0.39, 0.29) is 5.92 Å². The van der Waals surface area contributed by atoms with E-state index in [0.717, 1.165) is 37.0 Å². The van der Waals surface area contributed by atoms with Crippen molar-refractivity contribution in [2.45, 2.75) is 52.1 Å². The molecule has 29 heavy (non-hydrogen) atoms. The summed E-state index contributed by atoms with van der Waals surface area (Å²) in [6, 6.07) is 11.1. The molecular formula is C24H26F3NO. The van der Waals surface area contributed by atoms with Gasteiger partial charge < -0.3 is 4.74 Å². The van der Waals surface area contributed by atoms with Crippen molar-refractivity contribution in [2.24, 2.45) is 11.8 Å². The number of halogens is 3. The van der Waals surface area contributed by atoms with E-state index in [4.69, 9.17) is 4.74 Å². The third kappa shape index (κ3) is 5.32. The number of hydrogen-bond acceptors (Lipinski definition) is 2. The molecule has 0 heterocycles. The van der Waals surface area contributed by atoms with Crippen molar-refractivity contribution >= 4 is 0 Å². The Balaban J connectivity index is 2.06. The van der Waals surface area contributed by atoms with Gasteiger partial charge in [0.1, 0.15) is 11.8 Å². The third-order valence-corrected chi connectivity index (χ3v) is 5.31. The van der Waals surface area contributed by atoms with E-state index in [2.05, 4.69) is 26.8 Å². The third-order valence-electron chi connectivity index (χ3n) is 5.31. The highest BCUT2D eigenvalue weighted by atomic mass is 19.4. The van der Waals surface area contributed by atoms with Crippen LogP contribution in [0.5, 0.6) is 5.75 Å². The van der Waals surface area contributed by atoms with E-state index >= 15 is 0 Å². The van der Waals surface area contributed by atoms with Crippen molar-refractivity contribution < 1.29 is 17.9 Å². The van der Waals surface area contributed by atoms with Gasteiger partial charge in [-0.25, -0.2) is 0 Å². The van der Waals surface area contributed by atoms with Crippen LogP contribution in [-0.4, -0.2) is 6.61 Å². The maximum Gasteiger partial charge on any atom is 0.416 e. The van der Waals surface area contributed by atoms with Gasteiger partial charge in [-0.3, -0.25) is 0 Å². The van der Waals surface area contributed by atoms with E-state index in [0.29, 0.717) is 40.9 Å². The first-order chi connectivity index (χ1) is 13.7. The monoisotopic (exact) mass is 401 g/mol. The average molecular weight is 401 g/mol. The smallest absolute Gasteiger partial charge is 0.416 e. The maximum atomic E-state index is 13.0. The second kappa shape index (κ2) is 8.49. The van der Waals surface area contributed by atoms with Crippen molar-refractivity contribution in [3.63, 3.8) is 0 Å². The zero-order valence-electron chi connectivity index (χ0n) is 17.0. The van der Waals surface area contributed by atoms with E-state index < -0.39 is 11.7 Å². The highest BCUT2D eigenvalue weighted by Crippen LogP contribution is 2.40. The molecule has 1 unspecified atom stereocenters. The molecule has 2 nitrogen and oxygen atoms in total. The lowest BCUT2D eigenvalue weighted by Gasteiger charge is -2.20. The Bertz CT molecular complexity index is 890. The fourth-order valence-electron chi connectivity index (χ4n) is 3.56. The molecule has 5 heteroatoms. The van der Waals surface area contributed by atoms with Crippen molar-refractivity contribution in [3.8, 4) is 22.9 Å². The summed E-state index contributed by atoms with van der Waals surface area (Å²) in [6.07, 6.45) is -1.20. The summed E-state index contributed by atoms with van der Waals surface area (Å²) in [5, 5.41) is 9.73. The molecular weight excluding hydrogens is 375 g/mol. The molecule has 0 spiro atoms. The lowest BCUT2D eigenvalue weighted by molar-refractivity contribution is -0.137. The zero-order chi connectivity index (χ0) is 21.2. The zero-order valence-corrected chi connectivity index (χ0v) is 17.0. The first kappa shape index (κ1) is 21.2. The van der Waals surface area contributed by atoms with E-state index in [1.54, 1.807) is 0 Å². The standard InChI is InChI=1S/C24H26F3NO/c1-15(2)10-16(3)19-11-20(13-28)23(29-14-17-4-5-17)22(12-19)18-6-8-21(9-7-18)24(25,26)27/h6-9,11-12,15-17H,4-5,10,14H2,1-3H3. The molecule has 2 aromatic rings. The molecule has 3 rings (SSSR count). The average Bonchev–Trinajstić information content (AvgIpc) is 3.49. The van der Waals surface area contributed by atoms with Crippen molar-refractivity contribution in [3.05, 3.63) is 53.1 Å². The molecule has 0 aromatic heterocycles. The molecule has 0 aliphatic heterocycles. The molecule has 1 saturated carbocycles. The number of benzene rings is 2. The molecule has 0 amide bonds. The Morgan fingerprint density at radius 3 is 2.28 bits per heavy atom. The summed E-state index contributed by atoms with van der Waals surface area (Å²) < 4.78 is 44.9. The molecule has 1 fully saturated rings. The van der Waals surface area contributed by atoms with Gasteiger partial charge in [-0.05, 0) is 72.4 Å². The van der Waals surface area contributed by atoms with Crippen molar-refractivity contribution in [1.82, 2.24) is 0 Å². The Kier molecular flexibility index (Phi) is 6.21. The van der Waals surface area contributed by atoms with Gasteiger partial charge in [0.25, 0.3) is 0 Å². The molecule has 1 aliphatic rings. The lowest BCUT2D eigenvalue weighted by atomic mass is 9.88. The number of alkyl halides is 3. The van der Waals surface area contributed by atoms with E-state index in [1.807, 2.05) is 12.1 Å². The van der Waals surface area contributed by atoms with Crippen LogP contribution >= 0.6 is 0 Å². The molecule has 0 radical (unpaired) electrons. The first-order valence-corrected chi connectivity index (χ1v) is 10.1. The summed E-state index contributed by atoms with van der Waals surface area (Å²) >= 11 is 0. The number of nitrogens with zero attached hydrogens (tertiary/aromatic N) is 1. The second-order valence-electron chi connectivity index (χ2n) is 8.42. The van der Waals surface area contributed by atoms with E-state index in [1.165, 1.54) is 12.1 Å². The molecule has 154 valence electrons. The minimum atomic E-state index is -4.38. The topological polar surface area (TPSA) is 33.0 Å². The Labute approximate surface area is 170 Å². The predicted octanol–water partition coefficient (Wildman–Crippen LogP) is 7.18. The van der Waals surface area contributed by atoms with Gasteiger partial charge in [0.15, 0.2) is 0 Å². The van der Waals surface area contributed by atoms with Crippen LogP contribution in [0.25, 0.3) is 11.1 Å². The summed E-state index contributed by atoms with van der Waals surface area (Å²) in [5.41, 5.74) is 2.06. The van der Waals surface area contributed by atoms with Gasteiger partial charge >= 0.3 is 6.18 Å². The van der Waals surface area contributed by atoms with Crippen molar-refractivity contribution in [2.75, 3.05) is 6.61 Å². The predicted molar refractivity (Wildman–Crippen MR) is 108 cm³/mol. The number of nitriles is 1. The highest BCUT2D eigenvalue weighted by Gasteiger charge is 2.30. The highest BCUT2D eigenvalue weighted by molar-refractivity contribution is 5.75. The number of rotatable bonds is 7. The number of hydrogen-bond donors (Lipinski definition) is 0. The SMILES string of the molecule is CC(C)CC(C)c1cc(C#N)c(OCC2CC2)c(-c2ccc(C(F)(F)F)cc2)c1. The van der Waals surface area contributed by atoms with Gasteiger partial charge in [0.2, 0.25) is 0 Å². The molecule has 0 saturated heterocycles. The largest absolute Gasteiger partial charge is 0.491 e. The minimum Gasteiger partial charge on any atom is -0.491 e. The van der Waals surface area contributed by atoms with Crippen LogP contribution in [0.1, 0.15) is 62.6 Å². The van der Waals surface area contributed by atoms with Crippen molar-refractivity contribution in [1.29, 1.82) is 5.26 Å². The Morgan fingerprint density at radius 2 is 1.76 bits per heavy atom. The molecule has 0 bridgehead atoms. The van der Waals surface area contributed by atoms with Gasteiger partial charge in [-0.1, -0.05) is 32.9 Å². The van der Waals surface area contributed by atoms with E-state index in [9.17, 15) is 18.4 Å². The molecule has 2 aromatic carbocycles. The minimum absolute atomic E-state index is 0.229. The fourth-order valence-corrected chi connectivity index (χ4v) is 3.56. The van der Waals surface area contributed by atoms with Crippen LogP contribution in [0.15, 0.2) is 36.4 Å². The summed E-state index contributed by atoms with van der Waals surface area (Å²) in [4.78, 5) is 0. The van der Waals surface area contributed by atoms with Crippen LogP contribution in [-0.2, 0) is 6.18 Å². The Morgan fingerprint density at radius 1 is 1.10 bits per heavy atom. The Hall–Kier alpha value is -2.48. The van der Waals surface area contributed by atoms with Gasteiger partial charge in [0, 0.05) is 5.56 Å². The van der Waals surface area contributed by atoms with Crippen LogP contribution in [0.4, 0.5) is 13.2 Å². The van der Waals surface area contributed by atoms with Crippen LogP contribution in [0, 0.1) is 23.2 Å².